The van der Waals surface area contributed by atoms with Crippen molar-refractivity contribution in [2.24, 2.45) is 5.10 Å². The van der Waals surface area contributed by atoms with E-state index in [1.807, 2.05) is 81.4 Å². The van der Waals surface area contributed by atoms with Crippen LogP contribution in [0.25, 0.3) is 0 Å². The molecule has 208 valence electrons. The molecule has 0 atom stereocenters. The number of hydrogen-bond donors (Lipinski definition) is 1. The van der Waals surface area contributed by atoms with Gasteiger partial charge in [-0.2, -0.15) is 5.12 Å². The van der Waals surface area contributed by atoms with Crippen molar-refractivity contribution in [1.29, 1.82) is 0 Å². The van der Waals surface area contributed by atoms with Gasteiger partial charge in [0.25, 0.3) is 5.91 Å². The summed E-state index contributed by atoms with van der Waals surface area (Å²) in [4.78, 5) is 39.8. The molecular formula is C31H34N4O4S. The number of esters is 1. The zero-order valence-electron chi connectivity index (χ0n) is 23.2. The molecule has 0 unspecified atom stereocenters. The Kier molecular flexibility index (Phi) is 9.39. The van der Waals surface area contributed by atoms with E-state index in [2.05, 4.69) is 10.5 Å². The Bertz CT molecular complexity index is 1380. The standard InChI is InChI=1S/C31H34N4O4S/c1-31(2,3)33-35(21-36)32-28-26-20-25(40-19-17-23-10-12-24(13-11-23)30(38)39-4)14-15-27(26)34(29(28)37)18-16-22-8-6-5-7-9-22/h5-15,20-21,33H,16-19H2,1-4H3. The second kappa shape index (κ2) is 12.9. The number of thioether (sulfide) groups is 1. The molecule has 0 bridgehead atoms. The largest absolute Gasteiger partial charge is 0.465 e. The first-order valence-electron chi connectivity index (χ1n) is 13.1. The van der Waals surface area contributed by atoms with Gasteiger partial charge in [-0.15, -0.1) is 16.9 Å². The van der Waals surface area contributed by atoms with Gasteiger partial charge in [-0.25, -0.2) is 10.2 Å². The van der Waals surface area contributed by atoms with Crippen LogP contribution in [-0.4, -0.2) is 54.1 Å². The minimum atomic E-state index is -0.421. The average Bonchev–Trinajstić information content (AvgIpc) is 3.20. The molecule has 3 aromatic rings. The van der Waals surface area contributed by atoms with Crippen LogP contribution in [0, 0.1) is 0 Å². The fourth-order valence-corrected chi connectivity index (χ4v) is 5.26. The second-order valence-corrected chi connectivity index (χ2v) is 11.6. The fraction of sp³-hybridized carbons (Fsp3) is 0.290. The summed E-state index contributed by atoms with van der Waals surface area (Å²) in [5, 5.41) is 5.52. The monoisotopic (exact) mass is 558 g/mol. The van der Waals surface area contributed by atoms with E-state index in [-0.39, 0.29) is 17.6 Å². The molecule has 0 fully saturated rings. The Labute approximate surface area is 239 Å². The number of methoxy groups -OCH3 is 1. The number of rotatable bonds is 11. The number of hydrazone groups is 1. The van der Waals surface area contributed by atoms with Crippen LogP contribution in [0.15, 0.2) is 82.8 Å². The zero-order valence-corrected chi connectivity index (χ0v) is 24.0. The van der Waals surface area contributed by atoms with Crippen LogP contribution in [0.5, 0.6) is 0 Å². The molecule has 2 amide bonds. The van der Waals surface area contributed by atoms with E-state index in [4.69, 9.17) is 4.74 Å². The number of nitrogens with zero attached hydrogens (tertiary/aromatic N) is 3. The van der Waals surface area contributed by atoms with Crippen LogP contribution in [0.3, 0.4) is 0 Å². The third kappa shape index (κ3) is 7.37. The van der Waals surface area contributed by atoms with Gasteiger partial charge in [0.05, 0.1) is 18.4 Å². The van der Waals surface area contributed by atoms with E-state index in [0.717, 1.165) is 39.0 Å². The smallest absolute Gasteiger partial charge is 0.337 e. The number of hydrazine groups is 1. The van der Waals surface area contributed by atoms with Gasteiger partial charge < -0.3 is 9.64 Å². The SMILES string of the molecule is COC(=O)c1ccc(CCSc2ccc3c(c2)C(=NN(C=O)NC(C)(C)C)C(=O)N3CCc2ccccc2)cc1. The third-order valence-electron chi connectivity index (χ3n) is 6.22. The Morgan fingerprint density at radius 1 is 1.02 bits per heavy atom. The summed E-state index contributed by atoms with van der Waals surface area (Å²) in [5.74, 6) is 0.219. The summed E-state index contributed by atoms with van der Waals surface area (Å²) >= 11 is 1.67. The van der Waals surface area contributed by atoms with Crippen LogP contribution < -0.4 is 10.3 Å². The summed E-state index contributed by atoms with van der Waals surface area (Å²) < 4.78 is 4.76. The normalized spacial score (nSPS) is 13.8. The minimum Gasteiger partial charge on any atom is -0.465 e. The predicted octanol–water partition coefficient (Wildman–Crippen LogP) is 4.86. The molecule has 0 saturated carbocycles. The molecule has 0 aliphatic carbocycles. The fourth-order valence-electron chi connectivity index (χ4n) is 4.33. The summed E-state index contributed by atoms with van der Waals surface area (Å²) in [5.41, 5.74) is 7.08. The number of hydrogen-bond acceptors (Lipinski definition) is 7. The lowest BCUT2D eigenvalue weighted by Crippen LogP contribution is -2.46. The molecular weight excluding hydrogens is 524 g/mol. The number of benzene rings is 3. The van der Waals surface area contributed by atoms with Crippen molar-refractivity contribution >= 4 is 41.4 Å². The number of anilines is 1. The first-order chi connectivity index (χ1) is 19.2. The quantitative estimate of drug-likeness (QED) is 0.156. The molecule has 9 heteroatoms. The molecule has 8 nitrogen and oxygen atoms in total. The van der Waals surface area contributed by atoms with Gasteiger partial charge >= 0.3 is 5.97 Å². The van der Waals surface area contributed by atoms with E-state index >= 15 is 0 Å². The first kappa shape index (κ1) is 29.0. The molecule has 0 saturated heterocycles. The van der Waals surface area contributed by atoms with E-state index < -0.39 is 5.54 Å². The summed E-state index contributed by atoms with van der Waals surface area (Å²) in [7, 11) is 1.37. The van der Waals surface area contributed by atoms with Crippen molar-refractivity contribution in [3.63, 3.8) is 0 Å². The minimum absolute atomic E-state index is 0.229. The summed E-state index contributed by atoms with van der Waals surface area (Å²) in [6, 6.07) is 23.4. The number of nitrogens with one attached hydrogen (secondary N) is 1. The highest BCUT2D eigenvalue weighted by molar-refractivity contribution is 7.99. The number of ether oxygens (including phenoxy) is 1. The average molecular weight is 559 g/mol. The topological polar surface area (TPSA) is 91.3 Å². The van der Waals surface area contributed by atoms with Gasteiger partial charge in [0, 0.05) is 28.3 Å². The maximum absolute atomic E-state index is 13.6. The predicted molar refractivity (Wildman–Crippen MR) is 158 cm³/mol. The van der Waals surface area contributed by atoms with Gasteiger partial charge in [-0.3, -0.25) is 9.59 Å². The highest BCUT2D eigenvalue weighted by Gasteiger charge is 2.35. The van der Waals surface area contributed by atoms with Crippen molar-refractivity contribution in [1.82, 2.24) is 10.5 Å². The van der Waals surface area contributed by atoms with E-state index in [9.17, 15) is 14.4 Å². The summed E-state index contributed by atoms with van der Waals surface area (Å²) in [6.45, 7) is 6.24. The van der Waals surface area contributed by atoms with Gasteiger partial charge in [0.15, 0.2) is 5.71 Å². The van der Waals surface area contributed by atoms with E-state index in [1.165, 1.54) is 7.11 Å². The molecule has 0 aromatic heterocycles. The molecule has 40 heavy (non-hydrogen) atoms. The van der Waals surface area contributed by atoms with Gasteiger partial charge in [0.2, 0.25) is 6.41 Å². The number of carbonyl (C=O) groups is 3. The second-order valence-electron chi connectivity index (χ2n) is 10.4. The van der Waals surface area contributed by atoms with Crippen molar-refractivity contribution in [3.8, 4) is 0 Å². The highest BCUT2D eigenvalue weighted by Crippen LogP contribution is 2.34. The van der Waals surface area contributed by atoms with Crippen LogP contribution in [0.2, 0.25) is 0 Å². The number of aryl methyl sites for hydroxylation is 1. The van der Waals surface area contributed by atoms with Gasteiger partial charge in [0.1, 0.15) is 0 Å². The number of fused-ring (bicyclic) bond motifs is 1. The first-order valence-corrected chi connectivity index (χ1v) is 14.1. The summed E-state index contributed by atoms with van der Waals surface area (Å²) in [6.07, 6.45) is 2.07. The maximum atomic E-state index is 13.6. The van der Waals surface area contributed by atoms with Gasteiger partial charge in [-0.1, -0.05) is 42.5 Å². The van der Waals surface area contributed by atoms with Crippen molar-refractivity contribution in [2.75, 3.05) is 24.3 Å². The molecule has 4 rings (SSSR count). The molecule has 3 aromatic carbocycles. The molecule has 1 heterocycles. The van der Waals surface area contributed by atoms with Crippen LogP contribution in [-0.2, 0) is 27.2 Å². The van der Waals surface area contributed by atoms with Crippen molar-refractivity contribution in [3.05, 3.63) is 95.1 Å². The Balaban J connectivity index is 1.54. The van der Waals surface area contributed by atoms with E-state index in [1.54, 1.807) is 28.8 Å². The Morgan fingerprint density at radius 3 is 2.38 bits per heavy atom. The maximum Gasteiger partial charge on any atom is 0.337 e. The molecule has 0 spiro atoms. The number of carbonyl (C=O) groups excluding carboxylic acids is 3. The number of amides is 2. The molecule has 1 N–H and O–H groups in total. The third-order valence-corrected chi connectivity index (χ3v) is 7.22. The lowest BCUT2D eigenvalue weighted by Gasteiger charge is -2.25. The molecule has 1 aliphatic heterocycles. The lowest BCUT2D eigenvalue weighted by molar-refractivity contribution is -0.122. The zero-order chi connectivity index (χ0) is 28.7. The molecule has 0 radical (unpaired) electrons. The van der Waals surface area contributed by atoms with Crippen molar-refractivity contribution < 1.29 is 19.1 Å². The van der Waals surface area contributed by atoms with Crippen molar-refractivity contribution in [2.45, 2.75) is 44.0 Å². The highest BCUT2D eigenvalue weighted by atomic mass is 32.2. The van der Waals surface area contributed by atoms with Crippen LogP contribution in [0.1, 0.15) is 47.8 Å². The Morgan fingerprint density at radius 2 is 1.73 bits per heavy atom. The van der Waals surface area contributed by atoms with Crippen LogP contribution >= 0.6 is 11.8 Å². The van der Waals surface area contributed by atoms with Gasteiger partial charge in [-0.05, 0) is 75.1 Å². The lowest BCUT2D eigenvalue weighted by atomic mass is 10.1. The van der Waals surface area contributed by atoms with Crippen LogP contribution in [0.4, 0.5) is 5.69 Å². The van der Waals surface area contributed by atoms with E-state index in [0.29, 0.717) is 30.5 Å². The Hall–Kier alpha value is -3.95. The molecule has 1 aliphatic rings.